The summed E-state index contributed by atoms with van der Waals surface area (Å²) in [6.07, 6.45) is 0. The summed E-state index contributed by atoms with van der Waals surface area (Å²) in [7, 11) is 2.12. The Morgan fingerprint density at radius 1 is 1.29 bits per heavy atom. The fraction of sp³-hybridized carbons (Fsp3) is 0.412. The molecule has 2 aromatic rings. The second-order valence-electron chi connectivity index (χ2n) is 5.79. The summed E-state index contributed by atoms with van der Waals surface area (Å²) in [6, 6.07) is 8.31. The van der Waals surface area contributed by atoms with Crippen LogP contribution in [0.3, 0.4) is 0 Å². The molecule has 114 valence electrons. The number of hydrogen-bond acceptors (Lipinski definition) is 3. The minimum atomic E-state index is 0.657. The predicted octanol–water partition coefficient (Wildman–Crippen LogP) is 4.78. The van der Waals surface area contributed by atoms with E-state index >= 15 is 0 Å². The lowest BCUT2D eigenvalue weighted by molar-refractivity contribution is 0.552. The SMILES string of the molecule is CC(C)CNCc1ccc(Cl)cc1N(C)Cc1ccsc1. The van der Waals surface area contributed by atoms with Gasteiger partial charge in [0.05, 0.1) is 0 Å². The van der Waals surface area contributed by atoms with Gasteiger partial charge in [0.2, 0.25) is 0 Å². The van der Waals surface area contributed by atoms with Crippen molar-refractivity contribution in [3.8, 4) is 0 Å². The highest BCUT2D eigenvalue weighted by Crippen LogP contribution is 2.26. The quantitative estimate of drug-likeness (QED) is 0.789. The molecule has 1 N–H and O–H groups in total. The van der Waals surface area contributed by atoms with Crippen LogP contribution >= 0.6 is 22.9 Å². The maximum absolute atomic E-state index is 6.18. The Kier molecular flexibility index (Phi) is 6.09. The summed E-state index contributed by atoms with van der Waals surface area (Å²) in [5.41, 5.74) is 3.83. The monoisotopic (exact) mass is 322 g/mol. The number of thiophene rings is 1. The summed E-state index contributed by atoms with van der Waals surface area (Å²) < 4.78 is 0. The van der Waals surface area contributed by atoms with Gasteiger partial charge in [-0.05, 0) is 52.5 Å². The molecule has 1 heterocycles. The van der Waals surface area contributed by atoms with E-state index in [1.54, 1.807) is 11.3 Å². The van der Waals surface area contributed by atoms with E-state index in [-0.39, 0.29) is 0 Å². The van der Waals surface area contributed by atoms with Gasteiger partial charge in [0.1, 0.15) is 0 Å². The Hall–Kier alpha value is -1.03. The molecule has 0 bridgehead atoms. The van der Waals surface area contributed by atoms with E-state index in [9.17, 15) is 0 Å². The maximum Gasteiger partial charge on any atom is 0.0434 e. The highest BCUT2D eigenvalue weighted by molar-refractivity contribution is 7.07. The molecule has 0 unspecified atom stereocenters. The Morgan fingerprint density at radius 3 is 2.76 bits per heavy atom. The standard InChI is InChI=1S/C17H23ClN2S/c1-13(2)9-19-10-15-4-5-16(18)8-17(15)20(3)11-14-6-7-21-12-14/h4-8,12-13,19H,9-11H2,1-3H3. The minimum Gasteiger partial charge on any atom is -0.370 e. The van der Waals surface area contributed by atoms with Crippen molar-refractivity contribution in [2.75, 3.05) is 18.5 Å². The molecule has 1 aromatic carbocycles. The molecule has 2 rings (SSSR count). The first kappa shape index (κ1) is 16.3. The van der Waals surface area contributed by atoms with Crippen LogP contribution in [-0.4, -0.2) is 13.6 Å². The molecule has 0 aliphatic carbocycles. The lowest BCUT2D eigenvalue weighted by Gasteiger charge is -2.23. The molecule has 4 heteroatoms. The summed E-state index contributed by atoms with van der Waals surface area (Å²) in [5.74, 6) is 0.657. The van der Waals surface area contributed by atoms with Gasteiger partial charge in [0, 0.05) is 30.8 Å². The third kappa shape index (κ3) is 5.03. The van der Waals surface area contributed by atoms with Crippen LogP contribution in [0.2, 0.25) is 5.02 Å². The van der Waals surface area contributed by atoms with Crippen LogP contribution in [0.25, 0.3) is 0 Å². The Morgan fingerprint density at radius 2 is 2.10 bits per heavy atom. The van der Waals surface area contributed by atoms with Gasteiger partial charge >= 0.3 is 0 Å². The first-order valence-corrected chi connectivity index (χ1v) is 8.59. The van der Waals surface area contributed by atoms with E-state index in [2.05, 4.69) is 60.1 Å². The molecule has 21 heavy (non-hydrogen) atoms. The summed E-state index contributed by atoms with van der Waals surface area (Å²) >= 11 is 7.92. The van der Waals surface area contributed by atoms with Crippen molar-refractivity contribution in [3.63, 3.8) is 0 Å². The minimum absolute atomic E-state index is 0.657. The van der Waals surface area contributed by atoms with Crippen LogP contribution in [0.5, 0.6) is 0 Å². The van der Waals surface area contributed by atoms with Gasteiger partial charge in [-0.3, -0.25) is 0 Å². The summed E-state index contributed by atoms with van der Waals surface area (Å²) in [5, 5.41) is 8.60. The molecule has 0 saturated heterocycles. The molecule has 1 aromatic heterocycles. The fourth-order valence-corrected chi connectivity index (χ4v) is 3.11. The zero-order valence-corrected chi connectivity index (χ0v) is 14.5. The number of benzene rings is 1. The summed E-state index contributed by atoms with van der Waals surface area (Å²) in [4.78, 5) is 2.26. The first-order chi connectivity index (χ1) is 10.1. The number of nitrogens with zero attached hydrogens (tertiary/aromatic N) is 1. The van der Waals surface area contributed by atoms with Gasteiger partial charge in [0.25, 0.3) is 0 Å². The van der Waals surface area contributed by atoms with Crippen molar-refractivity contribution in [2.24, 2.45) is 5.92 Å². The van der Waals surface area contributed by atoms with Crippen molar-refractivity contribution in [2.45, 2.75) is 26.9 Å². The number of hydrogen-bond donors (Lipinski definition) is 1. The Labute approximate surface area is 136 Å². The van der Waals surface area contributed by atoms with Crippen LogP contribution < -0.4 is 10.2 Å². The number of halogens is 1. The maximum atomic E-state index is 6.18. The highest BCUT2D eigenvalue weighted by Gasteiger charge is 2.09. The number of rotatable bonds is 7. The zero-order chi connectivity index (χ0) is 15.2. The molecule has 0 aliphatic heterocycles. The topological polar surface area (TPSA) is 15.3 Å². The third-order valence-corrected chi connectivity index (χ3v) is 4.29. The van der Waals surface area contributed by atoms with Crippen LogP contribution in [0.15, 0.2) is 35.0 Å². The third-order valence-electron chi connectivity index (χ3n) is 3.33. The second-order valence-corrected chi connectivity index (χ2v) is 7.00. The van der Waals surface area contributed by atoms with Crippen LogP contribution in [-0.2, 0) is 13.1 Å². The van der Waals surface area contributed by atoms with Crippen molar-refractivity contribution in [1.82, 2.24) is 5.32 Å². The van der Waals surface area contributed by atoms with E-state index in [0.29, 0.717) is 5.92 Å². The Bertz CT molecular complexity index is 552. The Balaban J connectivity index is 2.10. The molecule has 0 fully saturated rings. The first-order valence-electron chi connectivity index (χ1n) is 7.27. The van der Waals surface area contributed by atoms with Crippen LogP contribution in [0.4, 0.5) is 5.69 Å². The van der Waals surface area contributed by atoms with Gasteiger partial charge in [-0.1, -0.05) is 31.5 Å². The average molecular weight is 323 g/mol. The van der Waals surface area contributed by atoms with Crippen molar-refractivity contribution < 1.29 is 0 Å². The number of nitrogens with one attached hydrogen (secondary N) is 1. The van der Waals surface area contributed by atoms with Crippen molar-refractivity contribution in [3.05, 3.63) is 51.2 Å². The van der Waals surface area contributed by atoms with Crippen molar-refractivity contribution in [1.29, 1.82) is 0 Å². The number of anilines is 1. The zero-order valence-electron chi connectivity index (χ0n) is 12.9. The molecule has 0 atom stereocenters. The molecule has 0 spiro atoms. The van der Waals surface area contributed by atoms with E-state index < -0.39 is 0 Å². The van der Waals surface area contributed by atoms with Gasteiger partial charge in [0.15, 0.2) is 0 Å². The fourth-order valence-electron chi connectivity index (χ4n) is 2.28. The molecule has 2 nitrogen and oxygen atoms in total. The lowest BCUT2D eigenvalue weighted by Crippen LogP contribution is -2.22. The molecule has 0 aliphatic rings. The lowest BCUT2D eigenvalue weighted by atomic mass is 10.1. The van der Waals surface area contributed by atoms with E-state index in [1.807, 2.05) is 6.07 Å². The average Bonchev–Trinajstić information content (AvgIpc) is 2.92. The normalized spacial score (nSPS) is 11.1. The molecule has 0 radical (unpaired) electrons. The van der Waals surface area contributed by atoms with Crippen molar-refractivity contribution >= 4 is 28.6 Å². The smallest absolute Gasteiger partial charge is 0.0434 e. The van der Waals surface area contributed by atoms with Crippen LogP contribution in [0.1, 0.15) is 25.0 Å². The second kappa shape index (κ2) is 7.83. The molecule has 0 saturated carbocycles. The van der Waals surface area contributed by atoms with E-state index in [1.165, 1.54) is 16.8 Å². The molecule has 0 amide bonds. The molecular weight excluding hydrogens is 300 g/mol. The van der Waals surface area contributed by atoms with Gasteiger partial charge in [-0.15, -0.1) is 0 Å². The summed E-state index contributed by atoms with van der Waals surface area (Å²) in [6.45, 7) is 7.24. The largest absolute Gasteiger partial charge is 0.370 e. The molecular formula is C17H23ClN2S. The van der Waals surface area contributed by atoms with Gasteiger partial charge in [-0.25, -0.2) is 0 Å². The van der Waals surface area contributed by atoms with Gasteiger partial charge in [-0.2, -0.15) is 11.3 Å². The van der Waals surface area contributed by atoms with E-state index in [0.717, 1.165) is 24.7 Å². The highest BCUT2D eigenvalue weighted by atomic mass is 35.5. The van der Waals surface area contributed by atoms with Gasteiger partial charge < -0.3 is 10.2 Å². The predicted molar refractivity (Wildman–Crippen MR) is 94.4 cm³/mol. The van der Waals surface area contributed by atoms with Crippen LogP contribution in [0, 0.1) is 5.92 Å². The van der Waals surface area contributed by atoms with E-state index in [4.69, 9.17) is 11.6 Å².